The first-order valence-corrected chi connectivity index (χ1v) is 29.4. The third kappa shape index (κ3) is 13.0. The summed E-state index contributed by atoms with van der Waals surface area (Å²) < 4.78 is 28.0. The molecule has 0 aliphatic rings. The Labute approximate surface area is 292 Å². The molecule has 0 bridgehead atoms. The van der Waals surface area contributed by atoms with Gasteiger partial charge in [0.2, 0.25) is 0 Å². The van der Waals surface area contributed by atoms with Gasteiger partial charge < -0.3 is 17.7 Å². The van der Waals surface area contributed by atoms with Crippen LogP contribution in [0.1, 0.15) is 110 Å². The highest BCUT2D eigenvalue weighted by atomic mass is 28.4. The predicted molar refractivity (Wildman–Crippen MR) is 212 cm³/mol. The van der Waals surface area contributed by atoms with Gasteiger partial charge >= 0.3 is 0 Å². The minimum absolute atomic E-state index is 0.0147. The van der Waals surface area contributed by atoms with Gasteiger partial charge in [0.25, 0.3) is 0 Å². The molecule has 0 heterocycles. The molecule has 0 spiro atoms. The molecule has 0 rings (SSSR count). The largest absolute Gasteiger partial charge is 0.413 e. The van der Waals surface area contributed by atoms with Crippen molar-refractivity contribution in [2.45, 2.75) is 201 Å². The minimum Gasteiger partial charge on any atom is -0.413 e. The van der Waals surface area contributed by atoms with E-state index in [1.165, 1.54) is 5.57 Å². The predicted octanol–water partition coefficient (Wildman–Crippen LogP) is 12.3. The SMILES string of the molecule is C/C(=C\[C@@H](C)[C@@H](O[Si](C)(C)C(C)(C)C)[C@@H](C)[C@@H](CC(C#N)O[Si](C)(C)C(C)(C)C)O[Si](C)(C)C(C)(C)C)CO[Si](C)(C)C(C)(C)C. The molecule has 0 aliphatic heterocycles. The molecule has 1 unspecified atom stereocenters. The smallest absolute Gasteiger partial charge is 0.193 e. The van der Waals surface area contributed by atoms with Crippen molar-refractivity contribution in [1.29, 1.82) is 5.26 Å². The molecule has 0 aromatic heterocycles. The molecule has 0 radical (unpaired) electrons. The summed E-state index contributed by atoms with van der Waals surface area (Å²) in [4.78, 5) is 0. The maximum absolute atomic E-state index is 10.4. The van der Waals surface area contributed by atoms with Crippen molar-refractivity contribution >= 4 is 33.3 Å². The van der Waals surface area contributed by atoms with Crippen molar-refractivity contribution in [3.05, 3.63) is 11.6 Å². The van der Waals surface area contributed by atoms with E-state index in [9.17, 15) is 5.26 Å². The molecular weight excluding hydrogens is 635 g/mol. The molecule has 9 heteroatoms. The van der Waals surface area contributed by atoms with Crippen molar-refractivity contribution in [1.82, 2.24) is 0 Å². The first-order valence-electron chi connectivity index (χ1n) is 17.8. The summed E-state index contributed by atoms with van der Waals surface area (Å²) in [6, 6.07) is 2.55. The Morgan fingerprint density at radius 2 is 1.00 bits per heavy atom. The van der Waals surface area contributed by atoms with Gasteiger partial charge in [-0.2, -0.15) is 5.26 Å². The Balaban J connectivity index is 6.92. The Hall–Kier alpha value is -0.0625. The molecule has 0 N–H and O–H groups in total. The summed E-state index contributed by atoms with van der Waals surface area (Å²) in [5.41, 5.74) is 1.24. The molecule has 272 valence electrons. The second kappa shape index (κ2) is 15.9. The average Bonchev–Trinajstić information content (AvgIpc) is 2.81. The topological polar surface area (TPSA) is 60.7 Å². The lowest BCUT2D eigenvalue weighted by molar-refractivity contribution is 0.00123. The zero-order chi connectivity index (χ0) is 37.1. The number of nitrogens with zero attached hydrogens (tertiary/aromatic N) is 1. The second-order valence-electron chi connectivity index (χ2n) is 20.3. The number of rotatable bonds is 15. The van der Waals surface area contributed by atoms with E-state index in [4.69, 9.17) is 17.7 Å². The van der Waals surface area contributed by atoms with Crippen LogP contribution < -0.4 is 0 Å². The Kier molecular flexibility index (Phi) is 15.8. The lowest BCUT2D eigenvalue weighted by Crippen LogP contribution is -2.53. The number of nitriles is 1. The van der Waals surface area contributed by atoms with Gasteiger partial charge in [-0.1, -0.05) is 109 Å². The van der Waals surface area contributed by atoms with E-state index >= 15 is 0 Å². The standard InChI is InChI=1S/C37H79NO4Si4/c1-28(27-39-43(16,17)34(4,5)6)24-29(2)33(42-46(22,23)37(13,14)15)30(3)32(41-45(20,21)36(10,11)12)25-31(26-38)40-44(18,19)35(7,8)9/h24,29-33H,25,27H2,1-23H3/b28-24+/t29-,30+,31?,32-,33-/m1/s1. The minimum atomic E-state index is -2.19. The van der Waals surface area contributed by atoms with Gasteiger partial charge in [0.1, 0.15) is 6.10 Å². The van der Waals surface area contributed by atoms with Gasteiger partial charge in [0, 0.05) is 12.3 Å². The summed E-state index contributed by atoms with van der Waals surface area (Å²) in [6.45, 7) is 53.2. The van der Waals surface area contributed by atoms with E-state index in [2.05, 4.69) is 168 Å². The summed E-state index contributed by atoms with van der Waals surface area (Å²) in [7, 11) is -8.39. The van der Waals surface area contributed by atoms with Crippen molar-refractivity contribution < 1.29 is 17.7 Å². The van der Waals surface area contributed by atoms with Crippen molar-refractivity contribution in [3.63, 3.8) is 0 Å². The second-order valence-corrected chi connectivity index (χ2v) is 39.3. The molecular formula is C37H79NO4Si4. The van der Waals surface area contributed by atoms with E-state index in [0.717, 1.165) is 0 Å². The van der Waals surface area contributed by atoms with Crippen LogP contribution in [0.3, 0.4) is 0 Å². The molecule has 0 aromatic carbocycles. The molecule has 5 atom stereocenters. The zero-order valence-electron chi connectivity index (χ0n) is 35.0. The van der Waals surface area contributed by atoms with Crippen LogP contribution in [-0.2, 0) is 17.7 Å². The maximum atomic E-state index is 10.4. The fourth-order valence-electron chi connectivity index (χ4n) is 4.32. The molecule has 5 nitrogen and oxygen atoms in total. The molecule has 0 amide bonds. The summed E-state index contributed by atoms with van der Waals surface area (Å²) in [5, 5.41) is 10.7. The van der Waals surface area contributed by atoms with E-state index in [0.29, 0.717) is 13.0 Å². The number of hydrogen-bond donors (Lipinski definition) is 0. The highest BCUT2D eigenvalue weighted by Crippen LogP contribution is 2.44. The van der Waals surface area contributed by atoms with Crippen LogP contribution in [0.2, 0.25) is 72.5 Å². The molecule has 0 fully saturated rings. The fraction of sp³-hybridized carbons (Fsp3) is 0.919. The van der Waals surface area contributed by atoms with Gasteiger partial charge in [-0.25, -0.2) is 0 Å². The van der Waals surface area contributed by atoms with Gasteiger partial charge in [-0.05, 0) is 85.4 Å². The molecule has 0 aliphatic carbocycles. The van der Waals surface area contributed by atoms with Crippen LogP contribution in [0, 0.1) is 23.2 Å². The van der Waals surface area contributed by atoms with E-state index in [1.807, 2.05) is 0 Å². The summed E-state index contributed by atoms with van der Waals surface area (Å²) in [6.07, 6.45) is 2.13. The normalized spacial score (nSPS) is 18.5. The average molecular weight is 714 g/mol. The zero-order valence-corrected chi connectivity index (χ0v) is 39.0. The Bertz CT molecular complexity index is 1030. The van der Waals surface area contributed by atoms with Gasteiger partial charge in [0.05, 0.1) is 24.9 Å². The van der Waals surface area contributed by atoms with Gasteiger partial charge in [-0.3, -0.25) is 0 Å². The monoisotopic (exact) mass is 714 g/mol. The van der Waals surface area contributed by atoms with Crippen molar-refractivity contribution in [2.24, 2.45) is 11.8 Å². The first-order chi connectivity index (χ1) is 20.0. The lowest BCUT2D eigenvalue weighted by atomic mass is 9.86. The van der Waals surface area contributed by atoms with Crippen molar-refractivity contribution in [2.75, 3.05) is 6.61 Å². The third-order valence-corrected chi connectivity index (χ3v) is 29.9. The maximum Gasteiger partial charge on any atom is 0.193 e. The van der Waals surface area contributed by atoms with E-state index in [-0.39, 0.29) is 44.2 Å². The number of hydrogen-bond acceptors (Lipinski definition) is 5. The Morgan fingerprint density at radius 3 is 1.37 bits per heavy atom. The quantitative estimate of drug-likeness (QED) is 0.125. The lowest BCUT2D eigenvalue weighted by Gasteiger charge is -2.47. The van der Waals surface area contributed by atoms with Crippen LogP contribution in [0.15, 0.2) is 11.6 Å². The summed E-state index contributed by atoms with van der Waals surface area (Å²) >= 11 is 0. The fourth-order valence-corrected chi connectivity index (χ4v) is 9.44. The highest BCUT2D eigenvalue weighted by molar-refractivity contribution is 6.75. The first kappa shape index (κ1) is 45.9. The van der Waals surface area contributed by atoms with Crippen LogP contribution in [0.4, 0.5) is 0 Å². The van der Waals surface area contributed by atoms with Gasteiger partial charge in [0.15, 0.2) is 33.3 Å². The van der Waals surface area contributed by atoms with Crippen LogP contribution in [0.25, 0.3) is 0 Å². The molecule has 46 heavy (non-hydrogen) atoms. The molecule has 0 saturated heterocycles. The van der Waals surface area contributed by atoms with Crippen LogP contribution >= 0.6 is 0 Å². The van der Waals surface area contributed by atoms with E-state index in [1.54, 1.807) is 0 Å². The van der Waals surface area contributed by atoms with E-state index < -0.39 is 39.4 Å². The summed E-state index contributed by atoms with van der Waals surface area (Å²) in [5.74, 6) is 0.182. The highest BCUT2D eigenvalue weighted by Gasteiger charge is 2.47. The van der Waals surface area contributed by atoms with Crippen LogP contribution in [0.5, 0.6) is 0 Å². The molecule has 0 aromatic rings. The molecule has 0 saturated carbocycles. The third-order valence-electron chi connectivity index (χ3n) is 12.0. The van der Waals surface area contributed by atoms with Crippen molar-refractivity contribution in [3.8, 4) is 6.07 Å². The van der Waals surface area contributed by atoms with Gasteiger partial charge in [-0.15, -0.1) is 0 Å². The Morgan fingerprint density at radius 1 is 0.630 bits per heavy atom. The van der Waals surface area contributed by atoms with Crippen LogP contribution in [-0.4, -0.2) is 58.2 Å².